The minimum Gasteiger partial charge on any atom is -0.508 e. The van der Waals surface area contributed by atoms with Gasteiger partial charge in [0.2, 0.25) is 0 Å². The topological polar surface area (TPSA) is 40.5 Å². The molecule has 0 aromatic heterocycles. The highest BCUT2D eigenvalue weighted by molar-refractivity contribution is 5.81. The molecule has 0 amide bonds. The van der Waals surface area contributed by atoms with Crippen LogP contribution in [0, 0.1) is 11.8 Å². The predicted molar refractivity (Wildman–Crippen MR) is 85.9 cm³/mol. The number of phenols is 1. The Kier molecular flexibility index (Phi) is 3.48. The average molecular weight is 299 g/mol. The van der Waals surface area contributed by atoms with Crippen molar-refractivity contribution in [3.8, 4) is 5.75 Å². The Morgan fingerprint density at radius 3 is 2.91 bits per heavy atom. The molecule has 2 saturated carbocycles. The third-order valence-electron chi connectivity index (χ3n) is 6.05. The SMILES string of the molecule is O=C1CC[C@@H]2CN(CC3CC3)CC[C@@]2(c2cccc(O)c2)C1. The maximum Gasteiger partial charge on any atom is 0.133 e. The number of benzene rings is 1. The second kappa shape index (κ2) is 5.38. The van der Waals surface area contributed by atoms with Crippen LogP contribution in [0.1, 0.15) is 44.1 Å². The maximum atomic E-state index is 12.2. The van der Waals surface area contributed by atoms with E-state index in [4.69, 9.17) is 0 Å². The fourth-order valence-corrected chi connectivity index (χ4v) is 4.64. The lowest BCUT2D eigenvalue weighted by molar-refractivity contribution is -0.125. The summed E-state index contributed by atoms with van der Waals surface area (Å²) in [6, 6.07) is 7.65. The molecule has 1 aliphatic heterocycles. The van der Waals surface area contributed by atoms with Gasteiger partial charge >= 0.3 is 0 Å². The molecular formula is C19H25NO2. The Hall–Kier alpha value is -1.35. The zero-order valence-corrected chi connectivity index (χ0v) is 13.1. The zero-order chi connectivity index (χ0) is 15.2. The van der Waals surface area contributed by atoms with Gasteiger partial charge in [0.05, 0.1) is 0 Å². The molecule has 3 fully saturated rings. The molecule has 3 aliphatic rings. The number of ketones is 1. The van der Waals surface area contributed by atoms with E-state index in [2.05, 4.69) is 11.0 Å². The summed E-state index contributed by atoms with van der Waals surface area (Å²) in [5, 5.41) is 9.88. The van der Waals surface area contributed by atoms with E-state index in [1.165, 1.54) is 24.9 Å². The Morgan fingerprint density at radius 1 is 1.27 bits per heavy atom. The lowest BCUT2D eigenvalue weighted by Crippen LogP contribution is -2.53. The Bertz CT molecular complexity index is 581. The molecule has 118 valence electrons. The van der Waals surface area contributed by atoms with E-state index >= 15 is 0 Å². The highest BCUT2D eigenvalue weighted by atomic mass is 16.3. The number of nitrogens with zero attached hydrogens (tertiary/aromatic N) is 1. The van der Waals surface area contributed by atoms with Gasteiger partial charge in [0.1, 0.15) is 11.5 Å². The van der Waals surface area contributed by atoms with Crippen LogP contribution in [0.2, 0.25) is 0 Å². The number of hydrogen-bond acceptors (Lipinski definition) is 3. The van der Waals surface area contributed by atoms with E-state index in [1.807, 2.05) is 12.1 Å². The smallest absolute Gasteiger partial charge is 0.133 e. The van der Waals surface area contributed by atoms with Gasteiger partial charge in [-0.05, 0) is 61.8 Å². The van der Waals surface area contributed by atoms with Crippen molar-refractivity contribution in [2.75, 3.05) is 19.6 Å². The molecule has 0 unspecified atom stereocenters. The molecule has 0 bridgehead atoms. The summed E-state index contributed by atoms with van der Waals surface area (Å²) in [4.78, 5) is 14.8. The molecule has 0 radical (unpaired) electrons. The van der Waals surface area contributed by atoms with Gasteiger partial charge in [-0.25, -0.2) is 0 Å². The monoisotopic (exact) mass is 299 g/mol. The average Bonchev–Trinajstić information content (AvgIpc) is 3.31. The number of rotatable bonds is 3. The first kappa shape index (κ1) is 14.3. The summed E-state index contributed by atoms with van der Waals surface area (Å²) in [6.07, 6.45) is 6.27. The van der Waals surface area contributed by atoms with Gasteiger partial charge in [0.25, 0.3) is 0 Å². The number of Topliss-reactive ketones (excluding diaryl/α,β-unsaturated/α-hetero) is 1. The van der Waals surface area contributed by atoms with Crippen molar-refractivity contribution in [2.24, 2.45) is 11.8 Å². The van der Waals surface area contributed by atoms with Crippen LogP contribution < -0.4 is 0 Å². The number of aromatic hydroxyl groups is 1. The second-order valence-electron chi connectivity index (χ2n) is 7.61. The van der Waals surface area contributed by atoms with Gasteiger partial charge in [-0.1, -0.05) is 12.1 Å². The predicted octanol–water partition coefficient (Wildman–Crippen LogP) is 3.11. The minimum atomic E-state index is -0.0336. The van der Waals surface area contributed by atoms with E-state index in [1.54, 1.807) is 6.07 Å². The molecule has 22 heavy (non-hydrogen) atoms. The van der Waals surface area contributed by atoms with Crippen LogP contribution in [0.3, 0.4) is 0 Å². The Morgan fingerprint density at radius 2 is 2.14 bits per heavy atom. The summed E-state index contributed by atoms with van der Waals surface area (Å²) in [5.74, 6) is 2.21. The molecule has 3 heteroatoms. The van der Waals surface area contributed by atoms with Crippen LogP contribution in [0.4, 0.5) is 0 Å². The quantitative estimate of drug-likeness (QED) is 0.932. The van der Waals surface area contributed by atoms with E-state index in [0.717, 1.165) is 38.3 Å². The number of phenolic OH excluding ortho intramolecular Hbond substituents is 1. The highest BCUT2D eigenvalue weighted by Gasteiger charge is 2.48. The van der Waals surface area contributed by atoms with Gasteiger partial charge in [0, 0.05) is 31.3 Å². The second-order valence-corrected chi connectivity index (χ2v) is 7.61. The molecule has 1 aromatic carbocycles. The van der Waals surface area contributed by atoms with E-state index in [0.29, 0.717) is 23.9 Å². The third kappa shape index (κ3) is 2.56. The molecule has 1 aromatic rings. The first-order chi connectivity index (χ1) is 10.7. The first-order valence-electron chi connectivity index (χ1n) is 8.69. The van der Waals surface area contributed by atoms with Gasteiger partial charge in [-0.15, -0.1) is 0 Å². The fraction of sp³-hybridized carbons (Fsp3) is 0.632. The maximum absolute atomic E-state index is 12.2. The first-order valence-corrected chi connectivity index (χ1v) is 8.69. The molecular weight excluding hydrogens is 274 g/mol. The molecule has 0 spiro atoms. The van der Waals surface area contributed by atoms with Gasteiger partial charge in [0.15, 0.2) is 0 Å². The number of carbonyl (C=O) groups is 1. The van der Waals surface area contributed by atoms with E-state index in [9.17, 15) is 9.90 Å². The van der Waals surface area contributed by atoms with Crippen LogP contribution in [0.15, 0.2) is 24.3 Å². The van der Waals surface area contributed by atoms with Crippen molar-refractivity contribution in [3.63, 3.8) is 0 Å². The molecule has 2 atom stereocenters. The number of piperidine rings is 1. The number of fused-ring (bicyclic) bond motifs is 1. The Balaban J connectivity index is 1.62. The summed E-state index contributed by atoms with van der Waals surface area (Å²) in [6.45, 7) is 3.47. The lowest BCUT2D eigenvalue weighted by atomic mass is 9.59. The van der Waals surface area contributed by atoms with Crippen LogP contribution >= 0.6 is 0 Å². The van der Waals surface area contributed by atoms with Gasteiger partial charge in [-0.2, -0.15) is 0 Å². The van der Waals surface area contributed by atoms with Crippen molar-refractivity contribution in [1.29, 1.82) is 0 Å². The lowest BCUT2D eigenvalue weighted by Gasteiger charge is -2.50. The van der Waals surface area contributed by atoms with Crippen molar-refractivity contribution < 1.29 is 9.90 Å². The van der Waals surface area contributed by atoms with Gasteiger partial charge < -0.3 is 10.0 Å². The summed E-state index contributed by atoms with van der Waals surface area (Å²) >= 11 is 0. The summed E-state index contributed by atoms with van der Waals surface area (Å²) in [7, 11) is 0. The van der Waals surface area contributed by atoms with Crippen LogP contribution in [-0.2, 0) is 10.2 Å². The Labute approximate surface area is 132 Å². The largest absolute Gasteiger partial charge is 0.508 e. The normalized spacial score (nSPS) is 32.7. The molecule has 2 aliphatic carbocycles. The molecule has 1 heterocycles. The summed E-state index contributed by atoms with van der Waals surface area (Å²) < 4.78 is 0. The minimum absolute atomic E-state index is 0.0336. The van der Waals surface area contributed by atoms with Crippen LogP contribution in [-0.4, -0.2) is 35.4 Å². The highest BCUT2D eigenvalue weighted by Crippen LogP contribution is 2.49. The molecule has 4 rings (SSSR count). The van der Waals surface area contributed by atoms with E-state index < -0.39 is 0 Å². The molecule has 1 saturated heterocycles. The van der Waals surface area contributed by atoms with Gasteiger partial charge in [-0.3, -0.25) is 4.79 Å². The van der Waals surface area contributed by atoms with Crippen molar-refractivity contribution in [1.82, 2.24) is 4.90 Å². The number of hydrogen-bond donors (Lipinski definition) is 1. The van der Waals surface area contributed by atoms with Crippen molar-refractivity contribution >= 4 is 5.78 Å². The summed E-state index contributed by atoms with van der Waals surface area (Å²) in [5.41, 5.74) is 1.14. The molecule has 3 nitrogen and oxygen atoms in total. The standard InChI is InChI=1S/C19H25NO2/c21-17-3-1-2-15(10-17)19-8-9-20(12-14-4-5-14)13-16(19)6-7-18(22)11-19/h1-3,10,14,16,21H,4-9,11-13H2/t16-,19+/m1/s1. The van der Waals surface area contributed by atoms with Crippen LogP contribution in [0.5, 0.6) is 5.75 Å². The third-order valence-corrected chi connectivity index (χ3v) is 6.05. The number of carbonyl (C=O) groups excluding carboxylic acids is 1. The zero-order valence-electron chi connectivity index (χ0n) is 13.1. The number of likely N-dealkylation sites (tertiary alicyclic amines) is 1. The van der Waals surface area contributed by atoms with Crippen LogP contribution in [0.25, 0.3) is 0 Å². The molecule has 1 N–H and O–H groups in total. The fourth-order valence-electron chi connectivity index (χ4n) is 4.64. The van der Waals surface area contributed by atoms with Crippen molar-refractivity contribution in [3.05, 3.63) is 29.8 Å². The van der Waals surface area contributed by atoms with Crippen molar-refractivity contribution in [2.45, 2.75) is 43.9 Å². The van der Waals surface area contributed by atoms with E-state index in [-0.39, 0.29) is 5.41 Å².